The van der Waals surface area contributed by atoms with Gasteiger partial charge in [0.1, 0.15) is 0 Å². The van der Waals surface area contributed by atoms with Crippen LogP contribution in [0.2, 0.25) is 0 Å². The van der Waals surface area contributed by atoms with E-state index in [9.17, 15) is 0 Å². The first kappa shape index (κ1) is 22.1. The van der Waals surface area contributed by atoms with Crippen molar-refractivity contribution in [1.29, 1.82) is 0 Å². The molecule has 3 heterocycles. The molecule has 0 bridgehead atoms. The number of hydrogen-bond donors (Lipinski definition) is 1. The molecule has 178 valence electrons. The second-order valence-electron chi connectivity index (χ2n) is 12.7. The fourth-order valence-electron chi connectivity index (χ4n) is 9.52. The van der Waals surface area contributed by atoms with Crippen LogP contribution in [-0.2, 0) is 9.47 Å². The van der Waals surface area contributed by atoms with Gasteiger partial charge in [0.2, 0.25) is 0 Å². The summed E-state index contributed by atoms with van der Waals surface area (Å²) in [6.45, 7) is 11.3. The molecule has 1 N–H and O–H groups in total. The zero-order valence-electron chi connectivity index (χ0n) is 20.6. The molecule has 3 saturated carbocycles. The van der Waals surface area contributed by atoms with Gasteiger partial charge in [0.25, 0.3) is 0 Å². The molecule has 6 fully saturated rings. The van der Waals surface area contributed by atoms with Gasteiger partial charge in [-0.3, -0.25) is 0 Å². The number of alkyl halides is 3. The van der Waals surface area contributed by atoms with Crippen molar-refractivity contribution in [3.63, 3.8) is 0 Å². The van der Waals surface area contributed by atoms with E-state index in [1.54, 1.807) is 0 Å². The Morgan fingerprint density at radius 3 is 2.48 bits per heavy atom. The molecule has 0 radical (unpaired) electrons. The summed E-state index contributed by atoms with van der Waals surface area (Å²) in [5.41, 5.74) is 0.606. The molecule has 0 aromatic heterocycles. The Morgan fingerprint density at radius 1 is 0.903 bits per heavy atom. The summed E-state index contributed by atoms with van der Waals surface area (Å²) in [6, 6.07) is 0.770. The molecule has 3 saturated heterocycles. The quantitative estimate of drug-likeness (QED) is 0.308. The molecule has 0 aromatic carbocycles. The summed E-state index contributed by atoms with van der Waals surface area (Å²) in [6.07, 6.45) is 14.1. The summed E-state index contributed by atoms with van der Waals surface area (Å²) in [5.74, 6) is 4.38. The van der Waals surface area contributed by atoms with Crippen LogP contribution in [0.3, 0.4) is 0 Å². The van der Waals surface area contributed by atoms with E-state index in [1.807, 2.05) is 0 Å². The molecule has 31 heavy (non-hydrogen) atoms. The van der Waals surface area contributed by atoms with Crippen molar-refractivity contribution < 1.29 is 9.47 Å². The minimum absolute atomic E-state index is 0.192. The SMILES string of the molecule is CN[C@H]1CC[C@@]2(C)C(CC[C@@H]3C2CC[C@@]2(C)C3C[C@@H]3O[C@]4(CC[C@@H](C)CO4)[C@@H](C)I32)C1. The van der Waals surface area contributed by atoms with Gasteiger partial charge in [-0.15, -0.1) is 0 Å². The monoisotopic (exact) mass is 543 g/mol. The fraction of sp³-hybridized carbons (Fsp3) is 1.00. The fourth-order valence-corrected chi connectivity index (χ4v) is 20.5. The topological polar surface area (TPSA) is 30.5 Å². The normalized spacial score (nSPS) is 59.7. The van der Waals surface area contributed by atoms with E-state index in [0.29, 0.717) is 22.8 Å². The summed E-state index contributed by atoms with van der Waals surface area (Å²) >= 11 is -1.28. The van der Waals surface area contributed by atoms with E-state index in [1.165, 1.54) is 57.8 Å². The van der Waals surface area contributed by atoms with Crippen LogP contribution < -0.4 is 5.32 Å². The van der Waals surface area contributed by atoms with Crippen LogP contribution in [-0.4, -0.2) is 36.9 Å². The van der Waals surface area contributed by atoms with Crippen LogP contribution in [0.5, 0.6) is 0 Å². The molecule has 6 aliphatic rings. The Bertz CT molecular complexity index is 707. The van der Waals surface area contributed by atoms with Crippen molar-refractivity contribution in [3.8, 4) is 0 Å². The number of fused-ring (bicyclic) bond motifs is 7. The Hall–Kier alpha value is 0.610. The zero-order valence-corrected chi connectivity index (χ0v) is 22.7. The molecule has 3 aliphatic carbocycles. The van der Waals surface area contributed by atoms with Crippen molar-refractivity contribution in [1.82, 2.24) is 5.32 Å². The van der Waals surface area contributed by atoms with Crippen molar-refractivity contribution in [2.75, 3.05) is 13.7 Å². The summed E-state index contributed by atoms with van der Waals surface area (Å²) in [5, 5.41) is 3.61. The first-order valence-corrected chi connectivity index (χ1v) is 17.0. The van der Waals surface area contributed by atoms with E-state index in [-0.39, 0.29) is 5.79 Å². The third-order valence-corrected chi connectivity index (χ3v) is 20.9. The molecule has 11 atom stereocenters. The van der Waals surface area contributed by atoms with Gasteiger partial charge >= 0.3 is 198 Å². The second kappa shape index (κ2) is 7.55. The van der Waals surface area contributed by atoms with Crippen LogP contribution in [0, 0.1) is 35.0 Å². The minimum atomic E-state index is -1.28. The summed E-state index contributed by atoms with van der Waals surface area (Å²) in [4.78, 5) is 0. The average Bonchev–Trinajstić information content (AvgIpc) is 3.20. The number of ether oxygens (including phenoxy) is 2. The molecule has 0 amide bonds. The third kappa shape index (κ3) is 3.05. The first-order valence-electron chi connectivity index (χ1n) is 13.5. The van der Waals surface area contributed by atoms with Crippen molar-refractivity contribution in [3.05, 3.63) is 0 Å². The van der Waals surface area contributed by atoms with Crippen LogP contribution in [0.1, 0.15) is 91.9 Å². The van der Waals surface area contributed by atoms with Crippen LogP contribution >= 0.6 is 19.8 Å². The molecule has 0 aromatic rings. The number of hydrogen-bond acceptors (Lipinski definition) is 3. The van der Waals surface area contributed by atoms with Gasteiger partial charge in [-0.25, -0.2) is 0 Å². The average molecular weight is 544 g/mol. The Morgan fingerprint density at radius 2 is 1.74 bits per heavy atom. The maximum absolute atomic E-state index is 7.01. The van der Waals surface area contributed by atoms with E-state index in [4.69, 9.17) is 9.47 Å². The first-order chi connectivity index (χ1) is 14.8. The van der Waals surface area contributed by atoms with Gasteiger partial charge in [-0.05, 0) is 0 Å². The van der Waals surface area contributed by atoms with Gasteiger partial charge in [-0.2, -0.15) is 0 Å². The molecular weight excluding hydrogens is 497 g/mol. The zero-order chi connectivity index (χ0) is 21.6. The van der Waals surface area contributed by atoms with Crippen molar-refractivity contribution >= 4 is 19.8 Å². The number of halogens is 1. The maximum atomic E-state index is 7.01. The molecule has 3 aliphatic heterocycles. The van der Waals surface area contributed by atoms with Gasteiger partial charge in [0, 0.05) is 0 Å². The standard InChI is InChI=1S/C27H46INO2/c1-17-8-13-27(30-16-17)18(2)28-24(31-27)15-23-21-7-6-19-14-20(29-5)9-11-25(19,3)22(21)10-12-26(23,28)4/h17-24,29H,6-16H2,1-5H3/t17-,18-,19?,20+,21-,22?,23?,24+,25+,26+,27-/m1/s1. The van der Waals surface area contributed by atoms with Crippen molar-refractivity contribution in [2.45, 2.75) is 115 Å². The van der Waals surface area contributed by atoms with E-state index in [0.717, 1.165) is 42.7 Å². The van der Waals surface area contributed by atoms with Crippen LogP contribution in [0.25, 0.3) is 0 Å². The predicted octanol–water partition coefficient (Wildman–Crippen LogP) is 6.37. The molecular formula is C27H46INO2. The summed E-state index contributed by atoms with van der Waals surface area (Å²) in [7, 11) is 2.18. The Kier molecular flexibility index (Phi) is 5.38. The predicted molar refractivity (Wildman–Crippen MR) is 136 cm³/mol. The van der Waals surface area contributed by atoms with Gasteiger partial charge < -0.3 is 0 Å². The molecule has 3 nitrogen and oxygen atoms in total. The van der Waals surface area contributed by atoms with Gasteiger partial charge in [-0.1, -0.05) is 0 Å². The van der Waals surface area contributed by atoms with Crippen molar-refractivity contribution in [2.24, 2.45) is 35.0 Å². The van der Waals surface area contributed by atoms with E-state index in [2.05, 4.69) is 40.1 Å². The van der Waals surface area contributed by atoms with Crippen LogP contribution in [0.15, 0.2) is 0 Å². The molecule has 6 rings (SSSR count). The van der Waals surface area contributed by atoms with Gasteiger partial charge in [0.15, 0.2) is 0 Å². The Labute approximate surface area is 197 Å². The molecule has 1 spiro atoms. The Balaban J connectivity index is 1.24. The molecule has 3 unspecified atom stereocenters. The number of nitrogens with one attached hydrogen (secondary N) is 1. The second-order valence-corrected chi connectivity index (χ2v) is 20.4. The van der Waals surface area contributed by atoms with Gasteiger partial charge in [0.05, 0.1) is 0 Å². The van der Waals surface area contributed by atoms with Crippen LogP contribution in [0.4, 0.5) is 0 Å². The third-order valence-electron chi connectivity index (χ3n) is 11.5. The summed E-state index contributed by atoms with van der Waals surface area (Å²) < 4.78 is 15.5. The van der Waals surface area contributed by atoms with E-state index < -0.39 is 19.8 Å². The van der Waals surface area contributed by atoms with E-state index >= 15 is 0 Å². The molecule has 4 heteroatoms. The number of rotatable bonds is 1.